The number of benzene rings is 2. The molecule has 0 amide bonds. The van der Waals surface area contributed by atoms with E-state index in [0.29, 0.717) is 49.2 Å². The Morgan fingerprint density at radius 1 is 1.23 bits per heavy atom. The van der Waals surface area contributed by atoms with Gasteiger partial charge < -0.3 is 19.6 Å². The van der Waals surface area contributed by atoms with Gasteiger partial charge in [-0.1, -0.05) is 11.6 Å². The molecule has 0 bridgehead atoms. The number of pyridine rings is 1. The molecule has 1 aliphatic heterocycles. The van der Waals surface area contributed by atoms with Gasteiger partial charge in [-0.15, -0.1) is 11.8 Å². The molecule has 3 aromatic rings. The number of nitrogens with zero attached hydrogens (tertiary/aromatic N) is 1. The summed E-state index contributed by atoms with van der Waals surface area (Å²) >= 11 is 7.31. The predicted octanol–water partition coefficient (Wildman–Crippen LogP) is 4.66. The lowest BCUT2D eigenvalue weighted by molar-refractivity contribution is -0.137. The van der Waals surface area contributed by atoms with E-state index in [-0.39, 0.29) is 27.1 Å². The lowest BCUT2D eigenvalue weighted by Gasteiger charge is -2.28. The number of aliphatic hydroxyl groups is 1. The molecule has 4 rings (SSSR count). The summed E-state index contributed by atoms with van der Waals surface area (Å²) in [6.45, 7) is 2.97. The maximum absolute atomic E-state index is 13.5. The number of hydrogen-bond donors (Lipinski definition) is 2. The maximum atomic E-state index is 13.5. The molecule has 2 aromatic carbocycles. The minimum atomic E-state index is -4.57. The molecule has 0 saturated carbocycles. The van der Waals surface area contributed by atoms with Crippen LogP contribution < -0.4 is 10.3 Å². The van der Waals surface area contributed by atoms with Crippen molar-refractivity contribution in [1.29, 1.82) is 0 Å². The van der Waals surface area contributed by atoms with Gasteiger partial charge in [-0.2, -0.15) is 13.2 Å². The number of aliphatic hydroxyl groups excluding tert-OH is 1. The van der Waals surface area contributed by atoms with Gasteiger partial charge in [-0.3, -0.25) is 9.69 Å². The Hall–Kier alpha value is -2.24. The van der Waals surface area contributed by atoms with Gasteiger partial charge in [0, 0.05) is 52.4 Å². The molecule has 1 aliphatic rings. The zero-order valence-electron chi connectivity index (χ0n) is 18.8. The number of morpholine rings is 1. The standard InChI is InChI=1S/C24H24ClF3N2O4S/c1-33-20-5-3-15(25)11-18(20)21-17-10-14(24(26,27)28)2-4-19(17)29-23(32)22(21)35-13-16(31)12-30-6-8-34-9-7-30/h2-5,10-11,16,31H,6-9,12-13H2,1H3,(H,29,32). The summed E-state index contributed by atoms with van der Waals surface area (Å²) in [6, 6.07) is 7.93. The van der Waals surface area contributed by atoms with Crippen LogP contribution >= 0.6 is 23.4 Å². The number of aromatic amines is 1. The number of methoxy groups -OCH3 is 1. The molecule has 0 radical (unpaired) electrons. The second kappa shape index (κ2) is 10.8. The number of aromatic nitrogens is 1. The molecular formula is C24H24ClF3N2O4S. The Morgan fingerprint density at radius 3 is 2.66 bits per heavy atom. The van der Waals surface area contributed by atoms with Crippen LogP contribution in [0.5, 0.6) is 5.75 Å². The predicted molar refractivity (Wildman–Crippen MR) is 131 cm³/mol. The lowest BCUT2D eigenvalue weighted by Crippen LogP contribution is -2.41. The van der Waals surface area contributed by atoms with Gasteiger partial charge in [0.2, 0.25) is 0 Å². The summed E-state index contributed by atoms with van der Waals surface area (Å²) < 4.78 is 51.4. The maximum Gasteiger partial charge on any atom is 0.416 e. The quantitative estimate of drug-likeness (QED) is 0.434. The van der Waals surface area contributed by atoms with Crippen LogP contribution in [-0.4, -0.2) is 66.8 Å². The molecule has 1 fully saturated rings. The SMILES string of the molecule is COc1ccc(Cl)cc1-c1c(SCC(O)CN2CCOCC2)c(=O)[nH]c2ccc(C(F)(F)F)cc12. The molecule has 1 atom stereocenters. The van der Waals surface area contributed by atoms with Crippen molar-refractivity contribution in [3.8, 4) is 16.9 Å². The number of alkyl halides is 3. The highest BCUT2D eigenvalue weighted by Crippen LogP contribution is 2.42. The van der Waals surface area contributed by atoms with E-state index in [1.807, 2.05) is 0 Å². The highest BCUT2D eigenvalue weighted by molar-refractivity contribution is 7.99. The van der Waals surface area contributed by atoms with Crippen LogP contribution in [-0.2, 0) is 10.9 Å². The average Bonchev–Trinajstić information content (AvgIpc) is 2.82. The highest BCUT2D eigenvalue weighted by atomic mass is 35.5. The number of fused-ring (bicyclic) bond motifs is 1. The normalized spacial score (nSPS) is 15.9. The van der Waals surface area contributed by atoms with Crippen molar-refractivity contribution in [2.75, 3.05) is 45.7 Å². The van der Waals surface area contributed by atoms with Crippen molar-refractivity contribution in [2.45, 2.75) is 17.2 Å². The van der Waals surface area contributed by atoms with Gasteiger partial charge in [-0.05, 0) is 36.4 Å². The van der Waals surface area contributed by atoms with E-state index in [4.69, 9.17) is 21.1 Å². The van der Waals surface area contributed by atoms with Crippen LogP contribution in [0.25, 0.3) is 22.0 Å². The molecule has 1 unspecified atom stereocenters. The number of ether oxygens (including phenoxy) is 2. The minimum Gasteiger partial charge on any atom is -0.496 e. The van der Waals surface area contributed by atoms with E-state index < -0.39 is 23.4 Å². The van der Waals surface area contributed by atoms with Crippen molar-refractivity contribution in [3.05, 3.63) is 57.3 Å². The molecule has 2 heterocycles. The summed E-state index contributed by atoms with van der Waals surface area (Å²) in [6.07, 6.45) is -5.33. The molecule has 0 spiro atoms. The van der Waals surface area contributed by atoms with Crippen molar-refractivity contribution >= 4 is 34.3 Å². The van der Waals surface area contributed by atoms with Crippen LogP contribution in [0.1, 0.15) is 5.56 Å². The number of thioether (sulfide) groups is 1. The van der Waals surface area contributed by atoms with E-state index >= 15 is 0 Å². The summed E-state index contributed by atoms with van der Waals surface area (Å²) in [4.78, 5) is 18.0. The second-order valence-electron chi connectivity index (χ2n) is 8.14. The Bertz CT molecular complexity index is 1260. The van der Waals surface area contributed by atoms with E-state index in [0.717, 1.165) is 23.9 Å². The zero-order chi connectivity index (χ0) is 25.2. The number of β-amino-alcohol motifs (C(OH)–C–C–N with tert-alkyl or cyclic N) is 1. The molecule has 0 aliphatic carbocycles. The fraction of sp³-hybridized carbons (Fsp3) is 0.375. The first-order chi connectivity index (χ1) is 16.7. The third-order valence-corrected chi connectivity index (χ3v) is 7.19. The van der Waals surface area contributed by atoms with Crippen LogP contribution in [0.15, 0.2) is 46.1 Å². The van der Waals surface area contributed by atoms with E-state index in [2.05, 4.69) is 9.88 Å². The summed E-state index contributed by atoms with van der Waals surface area (Å²) in [7, 11) is 1.43. The first-order valence-corrected chi connectivity index (χ1v) is 12.3. The van der Waals surface area contributed by atoms with Crippen LogP contribution in [0.3, 0.4) is 0 Å². The molecule has 188 valence electrons. The smallest absolute Gasteiger partial charge is 0.416 e. The first-order valence-electron chi connectivity index (χ1n) is 10.9. The summed E-state index contributed by atoms with van der Waals surface area (Å²) in [5.74, 6) is 0.523. The van der Waals surface area contributed by atoms with Gasteiger partial charge in [0.25, 0.3) is 5.56 Å². The first kappa shape index (κ1) is 25.8. The van der Waals surface area contributed by atoms with Crippen molar-refractivity contribution in [3.63, 3.8) is 0 Å². The van der Waals surface area contributed by atoms with E-state index in [9.17, 15) is 23.1 Å². The molecule has 1 aromatic heterocycles. The summed E-state index contributed by atoms with van der Waals surface area (Å²) in [5, 5.41) is 11.2. The van der Waals surface area contributed by atoms with Crippen molar-refractivity contribution in [1.82, 2.24) is 9.88 Å². The molecular weight excluding hydrogens is 505 g/mol. The number of rotatable bonds is 7. The molecule has 6 nitrogen and oxygen atoms in total. The van der Waals surface area contributed by atoms with Crippen LogP contribution in [0.2, 0.25) is 5.02 Å². The Kier molecular flexibility index (Phi) is 7.97. The molecule has 11 heteroatoms. The van der Waals surface area contributed by atoms with Gasteiger partial charge in [-0.25, -0.2) is 0 Å². The van der Waals surface area contributed by atoms with Gasteiger partial charge in [0.05, 0.1) is 36.9 Å². The van der Waals surface area contributed by atoms with Gasteiger partial charge in [0.15, 0.2) is 0 Å². The molecule has 1 saturated heterocycles. The number of hydrogen-bond acceptors (Lipinski definition) is 6. The largest absolute Gasteiger partial charge is 0.496 e. The average molecular weight is 529 g/mol. The lowest BCUT2D eigenvalue weighted by atomic mass is 9.98. The van der Waals surface area contributed by atoms with Crippen molar-refractivity contribution < 1.29 is 27.8 Å². The Morgan fingerprint density at radius 2 is 1.97 bits per heavy atom. The molecule has 35 heavy (non-hydrogen) atoms. The zero-order valence-corrected chi connectivity index (χ0v) is 20.4. The van der Waals surface area contributed by atoms with E-state index in [1.165, 1.54) is 13.2 Å². The van der Waals surface area contributed by atoms with Gasteiger partial charge in [0.1, 0.15) is 5.75 Å². The third kappa shape index (κ3) is 5.95. The highest BCUT2D eigenvalue weighted by Gasteiger charge is 2.31. The molecule has 2 N–H and O–H groups in total. The Balaban J connectivity index is 1.81. The Labute approximate surface area is 209 Å². The number of nitrogens with one attached hydrogen (secondary N) is 1. The van der Waals surface area contributed by atoms with Crippen LogP contribution in [0, 0.1) is 0 Å². The van der Waals surface area contributed by atoms with Gasteiger partial charge >= 0.3 is 6.18 Å². The number of H-pyrrole nitrogens is 1. The summed E-state index contributed by atoms with van der Waals surface area (Å²) in [5.41, 5.74) is -0.405. The topological polar surface area (TPSA) is 74.8 Å². The van der Waals surface area contributed by atoms with Crippen molar-refractivity contribution in [2.24, 2.45) is 0 Å². The monoisotopic (exact) mass is 528 g/mol. The minimum absolute atomic E-state index is 0.167. The van der Waals surface area contributed by atoms with E-state index in [1.54, 1.807) is 18.2 Å². The fourth-order valence-electron chi connectivity index (χ4n) is 4.05. The third-order valence-electron chi connectivity index (χ3n) is 5.72. The second-order valence-corrected chi connectivity index (χ2v) is 9.61. The number of halogens is 4. The van der Waals surface area contributed by atoms with Crippen LogP contribution in [0.4, 0.5) is 13.2 Å². The fourth-order valence-corrected chi connectivity index (χ4v) is 5.23.